The molecular formula is C14H16N6O2S. The molecule has 3 aromatic heterocycles. The number of nitrogens with zero attached hydrogens (tertiary/aromatic N) is 5. The second-order valence-electron chi connectivity index (χ2n) is 5.30. The van der Waals surface area contributed by atoms with E-state index in [1.165, 1.54) is 21.8 Å². The third-order valence-corrected chi connectivity index (χ3v) is 4.46. The average molecular weight is 332 g/mol. The number of hydrogen-bond donors (Lipinski definition) is 1. The van der Waals surface area contributed by atoms with Gasteiger partial charge in [-0.2, -0.15) is 5.10 Å². The summed E-state index contributed by atoms with van der Waals surface area (Å²) in [7, 11) is 3.74. The minimum absolute atomic E-state index is 0.203. The normalized spacial score (nSPS) is 11.1. The summed E-state index contributed by atoms with van der Waals surface area (Å²) >= 11 is 1.28. The standard InChI is InChI=1S/C14H16N6O2S/c1-8-12(13(15)22)20-11(21)4-9(17-14(20)23-8)6-18(2)10-5-16-19(3)7-10/h4-5,7H,6H2,1-3H3,(H2,15,22). The van der Waals surface area contributed by atoms with Gasteiger partial charge in [0, 0.05) is 31.2 Å². The average Bonchev–Trinajstić information content (AvgIpc) is 3.02. The van der Waals surface area contributed by atoms with Crippen molar-refractivity contribution in [3.63, 3.8) is 0 Å². The Labute approximate surface area is 135 Å². The van der Waals surface area contributed by atoms with Crippen LogP contribution in [0, 0.1) is 6.92 Å². The first kappa shape index (κ1) is 15.2. The first-order chi connectivity index (χ1) is 10.9. The molecule has 1 amide bonds. The molecular weight excluding hydrogens is 316 g/mol. The number of carbonyl (C=O) groups excluding carboxylic acids is 1. The van der Waals surface area contributed by atoms with Crippen molar-refractivity contribution in [1.82, 2.24) is 19.2 Å². The summed E-state index contributed by atoms with van der Waals surface area (Å²) in [6, 6.07) is 1.43. The molecule has 0 radical (unpaired) electrons. The molecule has 120 valence electrons. The first-order valence-corrected chi connectivity index (χ1v) is 7.70. The first-order valence-electron chi connectivity index (χ1n) is 6.88. The minimum atomic E-state index is -0.627. The number of anilines is 1. The van der Waals surface area contributed by atoms with Crippen LogP contribution < -0.4 is 16.2 Å². The van der Waals surface area contributed by atoms with Gasteiger partial charge < -0.3 is 10.6 Å². The Kier molecular flexibility index (Phi) is 3.64. The predicted molar refractivity (Wildman–Crippen MR) is 87.9 cm³/mol. The van der Waals surface area contributed by atoms with E-state index in [0.29, 0.717) is 22.1 Å². The Balaban J connectivity index is 2.00. The molecule has 3 aromatic rings. The second-order valence-corrected chi connectivity index (χ2v) is 6.48. The van der Waals surface area contributed by atoms with E-state index in [9.17, 15) is 9.59 Å². The maximum absolute atomic E-state index is 12.3. The highest BCUT2D eigenvalue weighted by Crippen LogP contribution is 2.20. The van der Waals surface area contributed by atoms with Gasteiger partial charge in [-0.1, -0.05) is 0 Å². The summed E-state index contributed by atoms with van der Waals surface area (Å²) in [6.45, 7) is 2.21. The van der Waals surface area contributed by atoms with E-state index < -0.39 is 5.91 Å². The molecule has 0 aliphatic carbocycles. The Hall–Kier alpha value is -2.68. The summed E-state index contributed by atoms with van der Waals surface area (Å²) in [5.41, 5.74) is 6.80. The summed E-state index contributed by atoms with van der Waals surface area (Å²) < 4.78 is 2.98. The van der Waals surface area contributed by atoms with Crippen LogP contribution in [0.3, 0.4) is 0 Å². The summed E-state index contributed by atoms with van der Waals surface area (Å²) in [4.78, 5) is 31.4. The number of carbonyl (C=O) groups is 1. The van der Waals surface area contributed by atoms with Crippen molar-refractivity contribution < 1.29 is 4.79 Å². The molecule has 0 spiro atoms. The molecule has 23 heavy (non-hydrogen) atoms. The van der Waals surface area contributed by atoms with Gasteiger partial charge >= 0.3 is 0 Å². The molecule has 0 aliphatic heterocycles. The third-order valence-electron chi connectivity index (χ3n) is 3.51. The molecule has 0 atom stereocenters. The zero-order valence-electron chi connectivity index (χ0n) is 13.0. The Bertz CT molecular complexity index is 954. The van der Waals surface area contributed by atoms with Crippen LogP contribution in [0.5, 0.6) is 0 Å². The van der Waals surface area contributed by atoms with E-state index in [1.807, 2.05) is 25.2 Å². The number of aromatic nitrogens is 4. The molecule has 0 saturated carbocycles. The second kappa shape index (κ2) is 5.51. The van der Waals surface area contributed by atoms with Gasteiger partial charge in [0.25, 0.3) is 11.5 Å². The zero-order chi connectivity index (χ0) is 16.7. The van der Waals surface area contributed by atoms with Crippen LogP contribution in [0.15, 0.2) is 23.3 Å². The van der Waals surface area contributed by atoms with Gasteiger partial charge in [-0.15, -0.1) is 11.3 Å². The summed E-state index contributed by atoms with van der Waals surface area (Å²) in [5.74, 6) is -0.627. The van der Waals surface area contributed by atoms with Crippen molar-refractivity contribution in [2.45, 2.75) is 13.5 Å². The van der Waals surface area contributed by atoms with Crippen LogP contribution in [0.4, 0.5) is 5.69 Å². The fraction of sp³-hybridized carbons (Fsp3) is 0.286. The van der Waals surface area contributed by atoms with E-state index in [4.69, 9.17) is 5.73 Å². The third kappa shape index (κ3) is 2.70. The van der Waals surface area contributed by atoms with Crippen LogP contribution in [0.1, 0.15) is 21.1 Å². The Morgan fingerprint density at radius 3 is 2.83 bits per heavy atom. The topological polar surface area (TPSA) is 98.5 Å². The van der Waals surface area contributed by atoms with E-state index >= 15 is 0 Å². The van der Waals surface area contributed by atoms with E-state index in [2.05, 4.69) is 10.1 Å². The highest BCUT2D eigenvalue weighted by molar-refractivity contribution is 7.17. The number of thiazole rings is 1. The Morgan fingerprint density at radius 2 is 2.22 bits per heavy atom. The van der Waals surface area contributed by atoms with Gasteiger partial charge in [0.1, 0.15) is 5.69 Å². The lowest BCUT2D eigenvalue weighted by molar-refractivity contribution is 0.0994. The SMILES string of the molecule is Cc1sc2nc(CN(C)c3cnn(C)c3)cc(=O)n2c1C(N)=O. The van der Waals surface area contributed by atoms with Gasteiger partial charge in [-0.05, 0) is 6.92 Å². The molecule has 8 nitrogen and oxygen atoms in total. The van der Waals surface area contributed by atoms with Crippen LogP contribution in [-0.2, 0) is 13.6 Å². The van der Waals surface area contributed by atoms with Gasteiger partial charge in [0.15, 0.2) is 4.96 Å². The van der Waals surface area contributed by atoms with Crippen molar-refractivity contribution in [1.29, 1.82) is 0 Å². The van der Waals surface area contributed by atoms with E-state index in [-0.39, 0.29) is 11.3 Å². The quantitative estimate of drug-likeness (QED) is 0.751. The van der Waals surface area contributed by atoms with Crippen LogP contribution in [-0.4, -0.2) is 32.1 Å². The highest BCUT2D eigenvalue weighted by Gasteiger charge is 2.17. The minimum Gasteiger partial charge on any atom is -0.366 e. The lowest BCUT2D eigenvalue weighted by Gasteiger charge is -2.16. The van der Waals surface area contributed by atoms with Gasteiger partial charge in [0.05, 0.1) is 24.1 Å². The fourth-order valence-electron chi connectivity index (χ4n) is 2.43. The lowest BCUT2D eigenvalue weighted by atomic mass is 10.3. The van der Waals surface area contributed by atoms with Crippen LogP contribution in [0.25, 0.3) is 4.96 Å². The predicted octanol–water partition coefficient (Wildman–Crippen LogP) is 0.533. The van der Waals surface area contributed by atoms with Gasteiger partial charge in [-0.25, -0.2) is 9.38 Å². The molecule has 0 aliphatic rings. The molecule has 0 unspecified atom stereocenters. The zero-order valence-corrected chi connectivity index (χ0v) is 13.8. The molecule has 0 bridgehead atoms. The summed E-state index contributed by atoms with van der Waals surface area (Å²) in [5, 5.41) is 4.12. The smallest absolute Gasteiger partial charge is 0.266 e. The van der Waals surface area contributed by atoms with Crippen LogP contribution >= 0.6 is 11.3 Å². The number of nitrogens with two attached hydrogens (primary N) is 1. The van der Waals surface area contributed by atoms with Crippen molar-refractivity contribution >= 4 is 27.9 Å². The van der Waals surface area contributed by atoms with E-state index in [0.717, 1.165) is 5.69 Å². The van der Waals surface area contributed by atoms with Crippen molar-refractivity contribution in [2.75, 3.05) is 11.9 Å². The van der Waals surface area contributed by atoms with E-state index in [1.54, 1.807) is 17.8 Å². The molecule has 3 heterocycles. The maximum atomic E-state index is 12.3. The fourth-order valence-corrected chi connectivity index (χ4v) is 3.43. The molecule has 0 fully saturated rings. The number of primary amides is 1. The molecule has 2 N–H and O–H groups in total. The van der Waals surface area contributed by atoms with Crippen LogP contribution in [0.2, 0.25) is 0 Å². The molecule has 3 rings (SSSR count). The van der Waals surface area contributed by atoms with Gasteiger partial charge in [-0.3, -0.25) is 14.3 Å². The summed E-state index contributed by atoms with van der Waals surface area (Å²) in [6.07, 6.45) is 3.62. The van der Waals surface area contributed by atoms with Crippen molar-refractivity contribution in [3.8, 4) is 0 Å². The number of hydrogen-bond acceptors (Lipinski definition) is 6. The van der Waals surface area contributed by atoms with Crippen molar-refractivity contribution in [3.05, 3.63) is 45.1 Å². The van der Waals surface area contributed by atoms with Gasteiger partial charge in [0.2, 0.25) is 0 Å². The highest BCUT2D eigenvalue weighted by atomic mass is 32.1. The molecule has 9 heteroatoms. The van der Waals surface area contributed by atoms with Crippen molar-refractivity contribution in [2.24, 2.45) is 12.8 Å². The molecule has 0 aromatic carbocycles. The monoisotopic (exact) mass is 332 g/mol. The number of rotatable bonds is 4. The number of amides is 1. The number of fused-ring (bicyclic) bond motifs is 1. The maximum Gasteiger partial charge on any atom is 0.266 e. The Morgan fingerprint density at radius 1 is 1.48 bits per heavy atom. The largest absolute Gasteiger partial charge is 0.366 e. The molecule has 0 saturated heterocycles. The lowest BCUT2D eigenvalue weighted by Crippen LogP contribution is -2.24. The number of aryl methyl sites for hydroxylation is 2.